The molecule has 8 nitrogen and oxygen atoms in total. The van der Waals surface area contributed by atoms with Crippen molar-refractivity contribution in [1.29, 1.82) is 0 Å². The summed E-state index contributed by atoms with van der Waals surface area (Å²) >= 11 is 0. The van der Waals surface area contributed by atoms with E-state index in [9.17, 15) is 19.3 Å². The monoisotopic (exact) mass is 386 g/mol. The molecule has 0 radical (unpaired) electrons. The second kappa shape index (κ2) is 8.47. The van der Waals surface area contributed by atoms with Crippen molar-refractivity contribution < 1.29 is 18.8 Å². The normalized spacial score (nSPS) is 11.9. The third kappa shape index (κ3) is 4.25. The highest BCUT2D eigenvalue weighted by Crippen LogP contribution is 2.24. The molecule has 0 fully saturated rings. The molecule has 1 aromatic heterocycles. The van der Waals surface area contributed by atoms with E-state index in [1.54, 1.807) is 36.4 Å². The van der Waals surface area contributed by atoms with Crippen LogP contribution in [0, 0.1) is 10.1 Å². The van der Waals surface area contributed by atoms with Crippen molar-refractivity contribution in [3.63, 3.8) is 0 Å². The quantitative estimate of drug-likeness (QED) is 0.473. The Morgan fingerprint density at radius 2 is 2.07 bits per heavy atom. The highest BCUT2D eigenvalue weighted by Gasteiger charge is 2.18. The Bertz CT molecular complexity index is 987. The van der Waals surface area contributed by atoms with Gasteiger partial charge in [-0.3, -0.25) is 14.9 Å². The molecule has 0 aliphatic heterocycles. The first kappa shape index (κ1) is 19.3. The maximum atomic E-state index is 12.4. The minimum atomic E-state index is -0.560. The van der Waals surface area contributed by atoms with E-state index in [2.05, 4.69) is 10.3 Å². The molecular weight excluding hydrogens is 367 g/mol. The van der Waals surface area contributed by atoms with Gasteiger partial charge in [0.15, 0.2) is 0 Å². The van der Waals surface area contributed by atoms with Crippen LogP contribution in [0.25, 0.3) is 11.0 Å². The van der Waals surface area contributed by atoms with Gasteiger partial charge in [0, 0.05) is 6.07 Å². The number of para-hydroxylation sites is 1. The third-order valence-electron chi connectivity index (χ3n) is 4.23. The van der Waals surface area contributed by atoms with E-state index in [-0.39, 0.29) is 30.8 Å². The molecule has 0 spiro atoms. The molecule has 1 atom stereocenters. The number of nitrogens with zero attached hydrogens (tertiary/aromatic N) is 3. The van der Waals surface area contributed by atoms with E-state index in [1.165, 1.54) is 17.0 Å². The fourth-order valence-corrected chi connectivity index (χ4v) is 2.91. The molecule has 0 saturated carbocycles. The number of carbonyl (C=O) groups is 1. The lowest BCUT2D eigenvalue weighted by Crippen LogP contribution is -2.30. The van der Waals surface area contributed by atoms with E-state index in [1.807, 2.05) is 6.92 Å². The van der Waals surface area contributed by atoms with Gasteiger partial charge < -0.3 is 14.6 Å². The summed E-state index contributed by atoms with van der Waals surface area (Å²) in [7, 11) is 0. The number of benzene rings is 2. The molecule has 0 bridgehead atoms. The fraction of sp³-hybridized carbons (Fsp3) is 0.263. The Morgan fingerprint density at radius 1 is 1.32 bits per heavy atom. The number of imidazole rings is 1. The number of amides is 1. The number of hydrogen-bond acceptors (Lipinski definition) is 5. The summed E-state index contributed by atoms with van der Waals surface area (Å²) in [5.74, 6) is 0.250. The minimum absolute atomic E-state index is 0.00334. The van der Waals surface area contributed by atoms with Gasteiger partial charge in [0.05, 0.1) is 22.8 Å². The Morgan fingerprint density at radius 3 is 2.75 bits per heavy atom. The number of alkyl halides is 1. The molecule has 1 amide bonds. The standard InChI is InChI=1S/C19H19FN4O4/c1-13(14-5-7-15(8-6-14)28-10-9-20)22-18(25)11-23-12-21-16-3-2-4-17(19(16)23)24(26)27/h2-8,12-13H,9-11H2,1H3,(H,22,25)/t13-/m0/s1. The van der Waals surface area contributed by atoms with Crippen LogP contribution in [0.5, 0.6) is 5.75 Å². The molecule has 3 aromatic rings. The van der Waals surface area contributed by atoms with Crippen molar-refractivity contribution in [1.82, 2.24) is 14.9 Å². The lowest BCUT2D eigenvalue weighted by molar-refractivity contribution is -0.383. The van der Waals surface area contributed by atoms with E-state index in [4.69, 9.17) is 4.74 Å². The molecule has 1 heterocycles. The summed E-state index contributed by atoms with van der Waals surface area (Å²) in [5.41, 5.74) is 1.52. The molecule has 0 saturated heterocycles. The number of hydrogen-bond donors (Lipinski definition) is 1. The summed E-state index contributed by atoms with van der Waals surface area (Å²) < 4.78 is 18.8. The predicted molar refractivity (Wildman–Crippen MR) is 101 cm³/mol. The fourth-order valence-electron chi connectivity index (χ4n) is 2.91. The third-order valence-corrected chi connectivity index (χ3v) is 4.23. The summed E-state index contributed by atoms with van der Waals surface area (Å²) in [4.78, 5) is 27.3. The minimum Gasteiger partial charge on any atom is -0.491 e. The largest absolute Gasteiger partial charge is 0.491 e. The number of aromatic nitrogens is 2. The smallest absolute Gasteiger partial charge is 0.295 e. The highest BCUT2D eigenvalue weighted by atomic mass is 19.1. The summed E-state index contributed by atoms with van der Waals surface area (Å²) in [6, 6.07) is 11.3. The van der Waals surface area contributed by atoms with Crippen molar-refractivity contribution in [3.05, 3.63) is 64.5 Å². The maximum absolute atomic E-state index is 12.4. The molecule has 0 unspecified atom stereocenters. The van der Waals surface area contributed by atoms with Crippen molar-refractivity contribution in [2.75, 3.05) is 13.3 Å². The lowest BCUT2D eigenvalue weighted by atomic mass is 10.1. The number of nitro groups is 1. The number of non-ortho nitro benzene ring substituents is 1. The first-order chi connectivity index (χ1) is 13.5. The SMILES string of the molecule is C[C@H](NC(=O)Cn1cnc2cccc([N+](=O)[O-])c21)c1ccc(OCCF)cc1. The van der Waals surface area contributed by atoms with Gasteiger partial charge in [0.2, 0.25) is 5.91 Å². The number of carbonyl (C=O) groups excluding carboxylic acids is 1. The zero-order chi connectivity index (χ0) is 20.1. The number of fused-ring (bicyclic) bond motifs is 1. The van der Waals surface area contributed by atoms with E-state index in [0.717, 1.165) is 5.56 Å². The predicted octanol–water partition coefficient (Wildman–Crippen LogP) is 3.17. The van der Waals surface area contributed by atoms with Gasteiger partial charge in [0.1, 0.15) is 31.1 Å². The van der Waals surface area contributed by atoms with Crippen LogP contribution in [0.2, 0.25) is 0 Å². The van der Waals surface area contributed by atoms with Crippen LogP contribution in [0.3, 0.4) is 0 Å². The first-order valence-corrected chi connectivity index (χ1v) is 8.66. The maximum Gasteiger partial charge on any atom is 0.295 e. The molecule has 2 aromatic carbocycles. The van der Waals surface area contributed by atoms with Crippen LogP contribution in [-0.2, 0) is 11.3 Å². The van der Waals surface area contributed by atoms with Crippen LogP contribution in [-0.4, -0.2) is 33.7 Å². The molecule has 146 valence electrons. The Balaban J connectivity index is 1.69. The van der Waals surface area contributed by atoms with Gasteiger partial charge in [-0.05, 0) is 30.7 Å². The summed E-state index contributed by atoms with van der Waals surface area (Å²) in [5, 5.41) is 14.1. The van der Waals surface area contributed by atoms with Crippen LogP contribution < -0.4 is 10.1 Å². The van der Waals surface area contributed by atoms with Gasteiger partial charge in [-0.25, -0.2) is 9.37 Å². The second-order valence-corrected chi connectivity index (χ2v) is 6.17. The van der Waals surface area contributed by atoms with Crippen LogP contribution in [0.4, 0.5) is 10.1 Å². The van der Waals surface area contributed by atoms with Gasteiger partial charge >= 0.3 is 0 Å². The Labute approximate surface area is 160 Å². The molecule has 28 heavy (non-hydrogen) atoms. The molecule has 1 N–H and O–H groups in total. The molecule has 3 rings (SSSR count). The van der Waals surface area contributed by atoms with Crippen LogP contribution in [0.15, 0.2) is 48.8 Å². The summed E-state index contributed by atoms with van der Waals surface area (Å²) in [6.07, 6.45) is 1.42. The Kier molecular flexibility index (Phi) is 5.83. The lowest BCUT2D eigenvalue weighted by Gasteiger charge is -2.15. The van der Waals surface area contributed by atoms with Crippen molar-refractivity contribution >= 4 is 22.6 Å². The average molecular weight is 386 g/mol. The molecule has 0 aliphatic carbocycles. The van der Waals surface area contributed by atoms with Crippen molar-refractivity contribution in [3.8, 4) is 5.75 Å². The number of rotatable bonds is 8. The number of nitro benzene ring substituents is 1. The number of halogens is 1. The average Bonchev–Trinajstić information content (AvgIpc) is 3.09. The highest BCUT2D eigenvalue weighted by molar-refractivity contribution is 5.87. The van der Waals surface area contributed by atoms with E-state index < -0.39 is 11.6 Å². The van der Waals surface area contributed by atoms with Gasteiger partial charge in [-0.15, -0.1) is 0 Å². The van der Waals surface area contributed by atoms with Crippen LogP contribution >= 0.6 is 0 Å². The zero-order valence-corrected chi connectivity index (χ0v) is 15.2. The number of ether oxygens (including phenoxy) is 1. The van der Waals surface area contributed by atoms with Gasteiger partial charge in [-0.2, -0.15) is 0 Å². The van der Waals surface area contributed by atoms with E-state index in [0.29, 0.717) is 16.8 Å². The summed E-state index contributed by atoms with van der Waals surface area (Å²) in [6.45, 7) is 1.17. The molecular formula is C19H19FN4O4. The Hall–Kier alpha value is -3.49. The first-order valence-electron chi connectivity index (χ1n) is 8.66. The molecule has 0 aliphatic rings. The van der Waals surface area contributed by atoms with Gasteiger partial charge in [-0.1, -0.05) is 18.2 Å². The zero-order valence-electron chi connectivity index (χ0n) is 15.2. The van der Waals surface area contributed by atoms with Crippen LogP contribution in [0.1, 0.15) is 18.5 Å². The van der Waals surface area contributed by atoms with Crippen molar-refractivity contribution in [2.45, 2.75) is 19.5 Å². The van der Waals surface area contributed by atoms with E-state index >= 15 is 0 Å². The number of nitrogens with one attached hydrogen (secondary N) is 1. The second-order valence-electron chi connectivity index (χ2n) is 6.17. The topological polar surface area (TPSA) is 99.3 Å². The van der Waals surface area contributed by atoms with Crippen molar-refractivity contribution in [2.24, 2.45) is 0 Å². The van der Waals surface area contributed by atoms with Gasteiger partial charge in [0.25, 0.3) is 5.69 Å². The molecule has 9 heteroatoms.